The van der Waals surface area contributed by atoms with Gasteiger partial charge in [-0.25, -0.2) is 0 Å². The topological polar surface area (TPSA) is 111 Å². The van der Waals surface area contributed by atoms with Crippen molar-refractivity contribution in [3.05, 3.63) is 0 Å². The molecule has 2 heterocycles. The van der Waals surface area contributed by atoms with Gasteiger partial charge in [0, 0.05) is 13.2 Å². The molecule has 0 bridgehead atoms. The highest BCUT2D eigenvalue weighted by molar-refractivity contribution is 5.91. The number of hydrogen-bond acceptors (Lipinski definition) is 6. The number of nitrogens with zero attached hydrogens (tertiary/aromatic N) is 1. The monoisotopic (exact) mass is 355 g/mol. The number of carbonyl (C=O) groups is 3. The van der Waals surface area contributed by atoms with Gasteiger partial charge >= 0.3 is 5.97 Å². The van der Waals surface area contributed by atoms with Crippen LogP contribution in [0.15, 0.2) is 0 Å². The first-order chi connectivity index (χ1) is 11.6. The van der Waals surface area contributed by atoms with Crippen LogP contribution in [0, 0.1) is 5.41 Å². The average Bonchev–Trinajstić information content (AvgIpc) is 3.12. The Morgan fingerprint density at radius 3 is 2.72 bits per heavy atom. The highest BCUT2D eigenvalue weighted by Gasteiger charge is 2.42. The molecule has 2 fully saturated rings. The van der Waals surface area contributed by atoms with E-state index in [4.69, 9.17) is 15.2 Å². The first-order valence-electron chi connectivity index (χ1n) is 8.82. The molecule has 2 aliphatic rings. The number of amides is 2. The smallest absolute Gasteiger partial charge is 0.310 e. The maximum atomic E-state index is 12.7. The molecule has 0 radical (unpaired) electrons. The van der Waals surface area contributed by atoms with Gasteiger partial charge in [-0.05, 0) is 25.2 Å². The number of nitrogens with two attached hydrogens (primary N) is 1. The summed E-state index contributed by atoms with van der Waals surface area (Å²) in [6.45, 7) is 8.36. The molecule has 0 unspecified atom stereocenters. The van der Waals surface area contributed by atoms with Crippen molar-refractivity contribution < 1.29 is 23.9 Å². The molecule has 3 N–H and O–H groups in total. The second kappa shape index (κ2) is 7.70. The third kappa shape index (κ3) is 4.49. The molecule has 2 rings (SSSR count). The zero-order chi connectivity index (χ0) is 18.8. The fourth-order valence-electron chi connectivity index (χ4n) is 3.10. The van der Waals surface area contributed by atoms with Crippen molar-refractivity contribution in [1.29, 1.82) is 0 Å². The summed E-state index contributed by atoms with van der Waals surface area (Å²) in [5.41, 5.74) is 5.69. The van der Waals surface area contributed by atoms with E-state index in [9.17, 15) is 14.4 Å². The molecule has 0 aromatic heterocycles. The van der Waals surface area contributed by atoms with Crippen molar-refractivity contribution in [2.24, 2.45) is 11.1 Å². The maximum Gasteiger partial charge on any atom is 0.310 e. The van der Waals surface area contributed by atoms with E-state index in [1.165, 1.54) is 0 Å². The van der Waals surface area contributed by atoms with Gasteiger partial charge in [0.15, 0.2) is 0 Å². The van der Waals surface area contributed by atoms with Crippen LogP contribution < -0.4 is 11.1 Å². The lowest BCUT2D eigenvalue weighted by molar-refractivity contribution is -0.164. The van der Waals surface area contributed by atoms with E-state index in [1.54, 1.807) is 11.8 Å². The second-order valence-electron chi connectivity index (χ2n) is 7.67. The number of nitrogens with one attached hydrogen (secondary N) is 1. The molecule has 142 valence electrons. The fourth-order valence-corrected chi connectivity index (χ4v) is 3.10. The average molecular weight is 355 g/mol. The van der Waals surface area contributed by atoms with Crippen molar-refractivity contribution >= 4 is 17.8 Å². The van der Waals surface area contributed by atoms with Gasteiger partial charge in [-0.3, -0.25) is 14.4 Å². The Hall–Kier alpha value is -1.67. The highest BCUT2D eigenvalue weighted by atomic mass is 16.7. The molecule has 0 saturated carbocycles. The second-order valence-corrected chi connectivity index (χ2v) is 7.67. The number of likely N-dealkylation sites (tertiary alicyclic amines) is 1. The molecule has 8 nitrogen and oxygen atoms in total. The maximum absolute atomic E-state index is 12.7. The number of carbonyl (C=O) groups excluding carboxylic acids is 3. The lowest BCUT2D eigenvalue weighted by Crippen LogP contribution is -2.56. The molecular formula is C17H29N3O5. The third-order valence-corrected chi connectivity index (χ3v) is 4.66. The fraction of sp³-hybridized carbons (Fsp3) is 0.824. The van der Waals surface area contributed by atoms with Gasteiger partial charge < -0.3 is 25.4 Å². The summed E-state index contributed by atoms with van der Waals surface area (Å²) >= 11 is 0. The van der Waals surface area contributed by atoms with Crippen LogP contribution in [-0.2, 0) is 23.9 Å². The van der Waals surface area contributed by atoms with Crippen molar-refractivity contribution in [2.45, 2.75) is 71.4 Å². The number of rotatable bonds is 5. The first-order valence-corrected chi connectivity index (χ1v) is 8.82. The van der Waals surface area contributed by atoms with E-state index in [0.29, 0.717) is 19.6 Å². The van der Waals surface area contributed by atoms with Crippen molar-refractivity contribution in [2.75, 3.05) is 13.2 Å². The Bertz CT molecular complexity index is 531. The Balaban J connectivity index is 2.03. The van der Waals surface area contributed by atoms with Gasteiger partial charge in [0.25, 0.3) is 0 Å². The number of ether oxygens (including phenoxy) is 2. The lowest BCUT2D eigenvalue weighted by Gasteiger charge is -2.33. The van der Waals surface area contributed by atoms with E-state index in [1.807, 2.05) is 20.8 Å². The van der Waals surface area contributed by atoms with Crippen molar-refractivity contribution in [3.63, 3.8) is 0 Å². The van der Waals surface area contributed by atoms with E-state index in [-0.39, 0.29) is 23.7 Å². The normalized spacial score (nSPS) is 28.0. The van der Waals surface area contributed by atoms with Crippen LogP contribution in [-0.4, -0.2) is 60.3 Å². The van der Waals surface area contributed by atoms with Gasteiger partial charge in [-0.15, -0.1) is 0 Å². The SMILES string of the molecule is CCO[C@@H]1OC(=O)C[C@@H]1NC(=O)[C@@H]1CCCN1C(=O)[C@@H](N)C(C)(C)C. The number of cyclic esters (lactones) is 1. The van der Waals surface area contributed by atoms with Crippen LogP contribution in [0.2, 0.25) is 0 Å². The Labute approximate surface area is 148 Å². The van der Waals surface area contributed by atoms with Gasteiger partial charge in [0.1, 0.15) is 12.1 Å². The summed E-state index contributed by atoms with van der Waals surface area (Å²) in [4.78, 5) is 38.4. The molecule has 8 heteroatoms. The van der Waals surface area contributed by atoms with E-state index in [0.717, 1.165) is 6.42 Å². The number of esters is 1. The van der Waals surface area contributed by atoms with Gasteiger partial charge in [0.2, 0.25) is 18.1 Å². The van der Waals surface area contributed by atoms with Crippen LogP contribution in [0.5, 0.6) is 0 Å². The van der Waals surface area contributed by atoms with Crippen molar-refractivity contribution in [3.8, 4) is 0 Å². The molecule has 0 aromatic rings. The molecule has 4 atom stereocenters. The zero-order valence-electron chi connectivity index (χ0n) is 15.4. The van der Waals surface area contributed by atoms with E-state index >= 15 is 0 Å². The largest absolute Gasteiger partial charge is 0.433 e. The molecule has 0 aliphatic carbocycles. The molecule has 2 saturated heterocycles. The van der Waals surface area contributed by atoms with Gasteiger partial charge in [-0.2, -0.15) is 0 Å². The molecule has 2 aliphatic heterocycles. The van der Waals surface area contributed by atoms with Crippen LogP contribution in [0.25, 0.3) is 0 Å². The van der Waals surface area contributed by atoms with Gasteiger partial charge in [0.05, 0.1) is 12.5 Å². The van der Waals surface area contributed by atoms with Gasteiger partial charge in [-0.1, -0.05) is 20.8 Å². The Morgan fingerprint density at radius 2 is 2.12 bits per heavy atom. The molecule has 25 heavy (non-hydrogen) atoms. The van der Waals surface area contributed by atoms with Crippen LogP contribution in [0.3, 0.4) is 0 Å². The molecule has 0 aromatic carbocycles. The highest BCUT2D eigenvalue weighted by Crippen LogP contribution is 2.25. The summed E-state index contributed by atoms with van der Waals surface area (Å²) in [6, 6.07) is -1.78. The summed E-state index contributed by atoms with van der Waals surface area (Å²) in [7, 11) is 0. The summed E-state index contributed by atoms with van der Waals surface area (Å²) in [5, 5.41) is 2.80. The van der Waals surface area contributed by atoms with E-state index in [2.05, 4.69) is 5.32 Å². The zero-order valence-corrected chi connectivity index (χ0v) is 15.4. The standard InChI is InChI=1S/C17H29N3O5/c1-5-24-16-10(9-12(21)25-16)19-14(22)11-7-6-8-20(11)15(23)13(18)17(2,3)4/h10-11,13,16H,5-9,18H2,1-4H3,(H,19,22)/t10-,11-,13+,16+/m0/s1. The Morgan fingerprint density at radius 1 is 1.44 bits per heavy atom. The van der Waals surface area contributed by atoms with Crippen LogP contribution in [0.4, 0.5) is 0 Å². The minimum Gasteiger partial charge on any atom is -0.433 e. The lowest BCUT2D eigenvalue weighted by atomic mass is 9.86. The Kier molecular flexibility index (Phi) is 6.05. The molecule has 0 spiro atoms. The molecule has 2 amide bonds. The van der Waals surface area contributed by atoms with E-state index < -0.39 is 30.4 Å². The minimum absolute atomic E-state index is 0.0680. The summed E-state index contributed by atoms with van der Waals surface area (Å²) in [5.74, 6) is -0.914. The summed E-state index contributed by atoms with van der Waals surface area (Å²) < 4.78 is 10.4. The summed E-state index contributed by atoms with van der Waals surface area (Å²) in [6.07, 6.45) is 0.618. The quantitative estimate of drug-likeness (QED) is 0.679. The predicted molar refractivity (Wildman–Crippen MR) is 90.2 cm³/mol. The predicted octanol–water partition coefficient (Wildman–Crippen LogP) is 0.145. The minimum atomic E-state index is -0.774. The van der Waals surface area contributed by atoms with Crippen LogP contribution >= 0.6 is 0 Å². The van der Waals surface area contributed by atoms with Crippen molar-refractivity contribution in [1.82, 2.24) is 10.2 Å². The third-order valence-electron chi connectivity index (χ3n) is 4.66. The molecular weight excluding hydrogens is 326 g/mol. The number of hydrogen-bond donors (Lipinski definition) is 2. The first kappa shape index (κ1) is 19.7. The van der Waals surface area contributed by atoms with Crippen LogP contribution in [0.1, 0.15) is 47.0 Å².